The highest BCUT2D eigenvalue weighted by Crippen LogP contribution is 2.38. The Morgan fingerprint density at radius 1 is 1.08 bits per heavy atom. The van der Waals surface area contributed by atoms with E-state index in [4.69, 9.17) is 9.47 Å². The third kappa shape index (κ3) is 6.36. The molecule has 4 rings (SSSR count). The largest absolute Gasteiger partial charge is 0.490 e. The molecule has 0 saturated carbocycles. The smallest absolute Gasteiger partial charge is 0.293 e. The molecule has 0 unspecified atom stereocenters. The van der Waals surface area contributed by atoms with Crippen LogP contribution in [0.15, 0.2) is 82.7 Å². The van der Waals surface area contributed by atoms with Crippen molar-refractivity contribution in [1.82, 2.24) is 4.90 Å². The number of nitriles is 1. The minimum absolute atomic E-state index is 0.197. The molecule has 1 aliphatic heterocycles. The fourth-order valence-electron chi connectivity index (χ4n) is 3.97. The highest BCUT2D eigenvalue weighted by atomic mass is 79.9. The summed E-state index contributed by atoms with van der Waals surface area (Å²) < 4.78 is 13.0. The first-order valence-corrected chi connectivity index (χ1v) is 13.6. The van der Waals surface area contributed by atoms with Crippen molar-refractivity contribution in [3.8, 4) is 17.6 Å². The van der Waals surface area contributed by atoms with Gasteiger partial charge in [-0.1, -0.05) is 52.3 Å². The number of benzene rings is 3. The van der Waals surface area contributed by atoms with Gasteiger partial charge in [0.25, 0.3) is 11.1 Å². The molecular weight excluding hydrogens is 564 g/mol. The maximum Gasteiger partial charge on any atom is 0.293 e. The van der Waals surface area contributed by atoms with Gasteiger partial charge in [0.15, 0.2) is 11.5 Å². The van der Waals surface area contributed by atoms with Crippen LogP contribution in [-0.4, -0.2) is 22.7 Å². The van der Waals surface area contributed by atoms with Gasteiger partial charge in [0.1, 0.15) is 6.61 Å². The normalized spacial score (nSPS) is 14.0. The van der Waals surface area contributed by atoms with E-state index in [2.05, 4.69) is 28.6 Å². The van der Waals surface area contributed by atoms with Gasteiger partial charge in [0, 0.05) is 15.6 Å². The van der Waals surface area contributed by atoms with Crippen LogP contribution in [-0.2, 0) is 24.4 Å². The van der Waals surface area contributed by atoms with E-state index in [1.807, 2.05) is 55.5 Å². The quantitative estimate of drug-likeness (QED) is 0.183. The number of hydrogen-bond donors (Lipinski definition) is 0. The molecule has 192 valence electrons. The van der Waals surface area contributed by atoms with Gasteiger partial charge in [-0.25, -0.2) is 0 Å². The second kappa shape index (κ2) is 12.6. The van der Waals surface area contributed by atoms with Crippen molar-refractivity contribution in [3.63, 3.8) is 0 Å². The Morgan fingerprint density at radius 2 is 1.84 bits per heavy atom. The van der Waals surface area contributed by atoms with Gasteiger partial charge >= 0.3 is 0 Å². The minimum Gasteiger partial charge on any atom is -0.490 e. The molecule has 6 nitrogen and oxygen atoms in total. The lowest BCUT2D eigenvalue weighted by atomic mass is 10.0. The topological polar surface area (TPSA) is 79.6 Å². The van der Waals surface area contributed by atoms with Gasteiger partial charge in [-0.3, -0.25) is 14.5 Å². The summed E-state index contributed by atoms with van der Waals surface area (Å²) in [6.07, 6.45) is 3.97. The van der Waals surface area contributed by atoms with E-state index >= 15 is 0 Å². The van der Waals surface area contributed by atoms with Crippen LogP contribution in [0.5, 0.6) is 11.5 Å². The first-order chi connectivity index (χ1) is 18.4. The lowest BCUT2D eigenvalue weighted by Crippen LogP contribution is -2.27. The molecule has 3 aromatic rings. The molecule has 0 spiro atoms. The molecule has 0 bridgehead atoms. The number of ether oxygens (including phenoxy) is 2. The van der Waals surface area contributed by atoms with Crippen LogP contribution in [0.2, 0.25) is 0 Å². The van der Waals surface area contributed by atoms with Crippen molar-refractivity contribution in [2.24, 2.45) is 0 Å². The summed E-state index contributed by atoms with van der Waals surface area (Å²) in [5.74, 6) is 0.737. The fourth-order valence-corrected chi connectivity index (χ4v) is 5.07. The standard InChI is InChI=1S/C30H25BrN2O4S/c1-3-7-22-14-21(15-26(36-4-2)28(22)37-19-24-9-6-5-8-23(24)17-32)16-27-29(34)33(30(35)38-27)18-20-10-12-25(31)13-11-20/h3,5-6,8-16H,1,4,7,18-19H2,2H3/b27-16-. The highest BCUT2D eigenvalue weighted by molar-refractivity contribution is 9.10. The zero-order valence-corrected chi connectivity index (χ0v) is 23.2. The molecule has 0 aromatic heterocycles. The van der Waals surface area contributed by atoms with Crippen LogP contribution in [0.1, 0.15) is 34.7 Å². The maximum atomic E-state index is 13.1. The number of nitrogens with zero attached hydrogens (tertiary/aromatic N) is 2. The van der Waals surface area contributed by atoms with E-state index in [9.17, 15) is 14.9 Å². The van der Waals surface area contributed by atoms with E-state index in [1.165, 1.54) is 4.90 Å². The van der Waals surface area contributed by atoms with Gasteiger partial charge in [-0.05, 0) is 72.6 Å². The molecule has 1 fully saturated rings. The summed E-state index contributed by atoms with van der Waals surface area (Å²) in [4.78, 5) is 27.4. The van der Waals surface area contributed by atoms with E-state index in [1.54, 1.807) is 24.3 Å². The Kier molecular flexibility index (Phi) is 9.06. The molecule has 1 heterocycles. The molecule has 0 atom stereocenters. The van der Waals surface area contributed by atoms with Crippen molar-refractivity contribution in [3.05, 3.63) is 111 Å². The predicted octanol–water partition coefficient (Wildman–Crippen LogP) is 7.26. The molecule has 0 radical (unpaired) electrons. The number of allylic oxidation sites excluding steroid dienone is 1. The van der Waals surface area contributed by atoms with Crippen LogP contribution in [0.25, 0.3) is 6.08 Å². The number of thioether (sulfide) groups is 1. The number of hydrogen-bond acceptors (Lipinski definition) is 6. The average Bonchev–Trinajstić information content (AvgIpc) is 3.17. The van der Waals surface area contributed by atoms with Crippen LogP contribution >= 0.6 is 27.7 Å². The Hall–Kier alpha value is -3.80. The van der Waals surface area contributed by atoms with Gasteiger partial charge in [0.05, 0.1) is 29.7 Å². The predicted molar refractivity (Wildman–Crippen MR) is 153 cm³/mol. The van der Waals surface area contributed by atoms with Crippen molar-refractivity contribution in [2.45, 2.75) is 26.5 Å². The number of carbonyl (C=O) groups is 2. The summed E-state index contributed by atoms with van der Waals surface area (Å²) in [5, 5.41) is 9.10. The number of rotatable bonds is 10. The van der Waals surface area contributed by atoms with Crippen molar-refractivity contribution < 1.29 is 19.1 Å². The lowest BCUT2D eigenvalue weighted by Gasteiger charge is -2.17. The first-order valence-electron chi connectivity index (χ1n) is 11.9. The van der Waals surface area contributed by atoms with E-state index in [-0.39, 0.29) is 24.3 Å². The molecule has 1 saturated heterocycles. The second-order valence-corrected chi connectivity index (χ2v) is 10.3. The lowest BCUT2D eigenvalue weighted by molar-refractivity contribution is -0.123. The van der Waals surface area contributed by atoms with E-state index in [0.717, 1.165) is 32.9 Å². The second-order valence-electron chi connectivity index (χ2n) is 8.39. The monoisotopic (exact) mass is 588 g/mol. The van der Waals surface area contributed by atoms with Crippen LogP contribution in [0.3, 0.4) is 0 Å². The van der Waals surface area contributed by atoms with Gasteiger partial charge in [0.2, 0.25) is 0 Å². The zero-order chi connectivity index (χ0) is 27.1. The van der Waals surface area contributed by atoms with Crippen molar-refractivity contribution in [1.29, 1.82) is 5.26 Å². The maximum absolute atomic E-state index is 13.1. The zero-order valence-electron chi connectivity index (χ0n) is 20.8. The first kappa shape index (κ1) is 27.2. The summed E-state index contributed by atoms with van der Waals surface area (Å²) in [5.41, 5.74) is 3.71. The van der Waals surface area contributed by atoms with Gasteiger partial charge in [-0.15, -0.1) is 6.58 Å². The molecular formula is C30H25BrN2O4S. The van der Waals surface area contributed by atoms with Crippen molar-refractivity contribution in [2.75, 3.05) is 6.61 Å². The Morgan fingerprint density at radius 3 is 2.55 bits per heavy atom. The number of halogens is 1. The number of amides is 2. The Balaban J connectivity index is 1.62. The Labute approximate surface area is 234 Å². The molecule has 38 heavy (non-hydrogen) atoms. The summed E-state index contributed by atoms with van der Waals surface area (Å²) in [7, 11) is 0. The summed E-state index contributed by atoms with van der Waals surface area (Å²) in [6.45, 7) is 6.55. The SMILES string of the molecule is C=CCc1cc(/C=C2\SC(=O)N(Cc3ccc(Br)cc3)C2=O)cc(OCC)c1OCc1ccccc1C#N. The molecule has 3 aromatic carbocycles. The van der Waals surface area contributed by atoms with Crippen LogP contribution < -0.4 is 9.47 Å². The third-order valence-corrected chi connectivity index (χ3v) is 7.19. The van der Waals surface area contributed by atoms with E-state index in [0.29, 0.717) is 40.6 Å². The fraction of sp³-hybridized carbons (Fsp3) is 0.167. The van der Waals surface area contributed by atoms with Crippen molar-refractivity contribution >= 4 is 44.9 Å². The van der Waals surface area contributed by atoms with Crippen LogP contribution in [0.4, 0.5) is 4.79 Å². The molecule has 0 aliphatic carbocycles. The van der Waals surface area contributed by atoms with Gasteiger partial charge in [-0.2, -0.15) is 5.26 Å². The Bertz CT molecular complexity index is 1440. The summed E-state index contributed by atoms with van der Waals surface area (Å²) in [6, 6.07) is 20.7. The number of imide groups is 1. The number of carbonyl (C=O) groups excluding carboxylic acids is 2. The van der Waals surface area contributed by atoms with Crippen LogP contribution in [0, 0.1) is 11.3 Å². The minimum atomic E-state index is -0.334. The molecule has 8 heteroatoms. The molecule has 0 N–H and O–H groups in total. The van der Waals surface area contributed by atoms with E-state index < -0.39 is 0 Å². The van der Waals surface area contributed by atoms with Gasteiger partial charge < -0.3 is 9.47 Å². The highest BCUT2D eigenvalue weighted by Gasteiger charge is 2.35. The summed E-state index contributed by atoms with van der Waals surface area (Å²) >= 11 is 4.32. The molecule has 1 aliphatic rings. The molecule has 2 amide bonds. The third-order valence-electron chi connectivity index (χ3n) is 5.75. The average molecular weight is 590 g/mol.